The third kappa shape index (κ3) is 5.11. The Morgan fingerprint density at radius 1 is 1.07 bits per heavy atom. The molecule has 0 spiro atoms. The Hall–Kier alpha value is -2.38. The fourth-order valence-corrected chi connectivity index (χ4v) is 3.27. The van der Waals surface area contributed by atoms with E-state index in [1.807, 2.05) is 40.7 Å². The van der Waals surface area contributed by atoms with Gasteiger partial charge in [-0.1, -0.05) is 39.2 Å². The van der Waals surface area contributed by atoms with E-state index < -0.39 is 11.4 Å². The number of nitrogens with one attached hydrogen (secondary N) is 1. The van der Waals surface area contributed by atoms with E-state index in [1.54, 1.807) is 24.3 Å². The Morgan fingerprint density at radius 2 is 1.68 bits per heavy atom. The second kappa shape index (κ2) is 8.75. The number of rotatable bonds is 4. The van der Waals surface area contributed by atoms with Crippen molar-refractivity contribution < 1.29 is 19.7 Å². The minimum Gasteiger partial charge on any atom is -0.340 e. The summed E-state index contributed by atoms with van der Waals surface area (Å²) in [5.74, 6) is -0.608. The molecule has 0 saturated carbocycles. The predicted molar refractivity (Wildman–Crippen MR) is 112 cm³/mol. The van der Waals surface area contributed by atoms with Gasteiger partial charge in [0, 0.05) is 22.0 Å². The molecule has 2 aromatic rings. The zero-order chi connectivity index (χ0) is 21.1. The quantitative estimate of drug-likeness (QED) is 0.405. The first-order valence-corrected chi connectivity index (χ1v) is 9.93. The van der Waals surface area contributed by atoms with Crippen LogP contribution in [0.25, 0.3) is 0 Å². The Labute approximate surface area is 173 Å². The number of carbonyl (C=O) groups is 2. The van der Waals surface area contributed by atoms with Crippen LogP contribution in [0, 0.1) is 13.8 Å². The van der Waals surface area contributed by atoms with Gasteiger partial charge in [-0.3, -0.25) is 15.0 Å². The van der Waals surface area contributed by atoms with Gasteiger partial charge in [-0.25, -0.2) is 10.3 Å². The molecule has 2 rings (SSSR count). The maximum atomic E-state index is 13.1. The van der Waals surface area contributed by atoms with Gasteiger partial charge in [0.2, 0.25) is 0 Å². The van der Waals surface area contributed by atoms with Gasteiger partial charge in [-0.15, -0.1) is 0 Å². The van der Waals surface area contributed by atoms with Gasteiger partial charge in [-0.2, -0.15) is 0 Å². The number of carbonyl (C=O) groups excluding carboxylic acids is 2. The van der Waals surface area contributed by atoms with Gasteiger partial charge in [0.05, 0.1) is 5.54 Å². The van der Waals surface area contributed by atoms with Gasteiger partial charge in [0.1, 0.15) is 0 Å². The third-order valence-corrected chi connectivity index (χ3v) is 4.73. The van der Waals surface area contributed by atoms with E-state index in [2.05, 4.69) is 26.2 Å². The molecule has 6 nitrogen and oxygen atoms in total. The van der Waals surface area contributed by atoms with E-state index in [4.69, 9.17) is 5.26 Å². The van der Waals surface area contributed by atoms with Crippen molar-refractivity contribution in [3.8, 4) is 5.75 Å². The molecular weight excluding hydrogens is 424 g/mol. The van der Waals surface area contributed by atoms with E-state index in [9.17, 15) is 9.59 Å². The topological polar surface area (TPSA) is 78.9 Å². The summed E-state index contributed by atoms with van der Waals surface area (Å²) < 4.78 is 0. The van der Waals surface area contributed by atoms with Crippen molar-refractivity contribution in [2.75, 3.05) is 0 Å². The second-order valence-corrected chi connectivity index (χ2v) is 8.24. The highest BCUT2D eigenvalue weighted by Crippen LogP contribution is 2.23. The lowest BCUT2D eigenvalue weighted by molar-refractivity contribution is -0.138. The molecule has 0 aromatic heterocycles. The molecule has 0 heterocycles. The maximum absolute atomic E-state index is 13.1. The van der Waals surface area contributed by atoms with Gasteiger partial charge in [0.25, 0.3) is 11.8 Å². The molecule has 28 heavy (non-hydrogen) atoms. The predicted octanol–water partition coefficient (Wildman–Crippen LogP) is 4.64. The SMILES string of the molecule is Cc1cc(C)cc(C(=O)N(NC(=O)c2ccc(CBr)c(OO)c2)C(C)(C)C)c1. The third-order valence-electron chi connectivity index (χ3n) is 4.13. The van der Waals surface area contributed by atoms with Crippen LogP contribution in [0.1, 0.15) is 58.2 Å². The molecule has 0 bridgehead atoms. The average Bonchev–Trinajstić information content (AvgIpc) is 2.63. The van der Waals surface area contributed by atoms with Gasteiger partial charge < -0.3 is 4.89 Å². The van der Waals surface area contributed by atoms with Crippen LogP contribution in [0.5, 0.6) is 5.75 Å². The van der Waals surface area contributed by atoms with E-state index >= 15 is 0 Å². The monoisotopic (exact) mass is 448 g/mol. The number of nitrogens with zero attached hydrogens (tertiary/aromatic N) is 1. The molecular formula is C21H25BrN2O4. The van der Waals surface area contributed by atoms with Crippen LogP contribution in [0.15, 0.2) is 36.4 Å². The van der Waals surface area contributed by atoms with Crippen molar-refractivity contribution in [1.82, 2.24) is 10.4 Å². The summed E-state index contributed by atoms with van der Waals surface area (Å²) >= 11 is 3.29. The molecule has 0 saturated heterocycles. The molecule has 0 aliphatic carbocycles. The zero-order valence-corrected chi connectivity index (χ0v) is 18.3. The summed E-state index contributed by atoms with van der Waals surface area (Å²) in [6.45, 7) is 9.36. The van der Waals surface area contributed by atoms with Gasteiger partial charge >= 0.3 is 0 Å². The normalized spacial score (nSPS) is 11.1. The first-order valence-electron chi connectivity index (χ1n) is 8.81. The fourth-order valence-electron chi connectivity index (χ4n) is 2.81. The van der Waals surface area contributed by atoms with Gasteiger partial charge in [0.15, 0.2) is 5.75 Å². The van der Waals surface area contributed by atoms with E-state index in [1.165, 1.54) is 11.1 Å². The Balaban J connectivity index is 2.34. The summed E-state index contributed by atoms with van der Waals surface area (Å²) in [5.41, 5.74) is 5.44. The van der Waals surface area contributed by atoms with Crippen LogP contribution < -0.4 is 10.3 Å². The first-order chi connectivity index (χ1) is 13.1. The van der Waals surface area contributed by atoms with Crippen molar-refractivity contribution in [3.05, 3.63) is 64.2 Å². The summed E-state index contributed by atoms with van der Waals surface area (Å²) in [6, 6.07) is 10.3. The van der Waals surface area contributed by atoms with E-state index in [-0.39, 0.29) is 17.2 Å². The van der Waals surface area contributed by atoms with Crippen molar-refractivity contribution in [2.24, 2.45) is 0 Å². The average molecular weight is 449 g/mol. The number of hydrogen-bond donors (Lipinski definition) is 2. The Bertz CT molecular complexity index is 870. The number of hydrazine groups is 1. The van der Waals surface area contributed by atoms with Crippen LogP contribution in [-0.2, 0) is 5.33 Å². The Kier molecular flexibility index (Phi) is 6.85. The molecule has 0 fully saturated rings. The lowest BCUT2D eigenvalue weighted by atomic mass is 10.0. The van der Waals surface area contributed by atoms with Crippen LogP contribution in [-0.4, -0.2) is 27.6 Å². The largest absolute Gasteiger partial charge is 0.340 e. The number of halogens is 1. The van der Waals surface area contributed by atoms with Crippen molar-refractivity contribution in [3.63, 3.8) is 0 Å². The molecule has 2 aromatic carbocycles. The lowest BCUT2D eigenvalue weighted by Crippen LogP contribution is -2.55. The van der Waals surface area contributed by atoms with Crippen LogP contribution in [0.4, 0.5) is 0 Å². The van der Waals surface area contributed by atoms with Crippen molar-refractivity contribution in [2.45, 2.75) is 45.5 Å². The second-order valence-electron chi connectivity index (χ2n) is 7.68. The zero-order valence-electron chi connectivity index (χ0n) is 16.7. The first kappa shape index (κ1) is 21.9. The maximum Gasteiger partial charge on any atom is 0.272 e. The standard InChI is InChI=1S/C21H25BrN2O4/c1-13-8-14(2)10-17(9-13)20(26)24(21(3,4)5)23-19(25)15-6-7-16(12-22)18(11-15)28-27/h6-11,27H,12H2,1-5H3,(H,23,25). The minimum atomic E-state index is -0.656. The molecule has 150 valence electrons. The highest BCUT2D eigenvalue weighted by atomic mass is 79.9. The number of amides is 2. The van der Waals surface area contributed by atoms with Crippen molar-refractivity contribution >= 4 is 27.7 Å². The lowest BCUT2D eigenvalue weighted by Gasteiger charge is -2.35. The van der Waals surface area contributed by atoms with Crippen LogP contribution in [0.3, 0.4) is 0 Å². The number of hydrogen-bond acceptors (Lipinski definition) is 4. The highest BCUT2D eigenvalue weighted by molar-refractivity contribution is 9.08. The molecule has 0 radical (unpaired) electrons. The summed E-state index contributed by atoms with van der Waals surface area (Å²) in [7, 11) is 0. The smallest absolute Gasteiger partial charge is 0.272 e. The number of aryl methyl sites for hydroxylation is 2. The summed E-state index contributed by atoms with van der Waals surface area (Å²) in [4.78, 5) is 30.3. The molecule has 2 N–H and O–H groups in total. The number of alkyl halides is 1. The Morgan fingerprint density at radius 3 is 2.18 bits per heavy atom. The van der Waals surface area contributed by atoms with E-state index in [0.717, 1.165) is 11.1 Å². The van der Waals surface area contributed by atoms with E-state index in [0.29, 0.717) is 16.5 Å². The minimum absolute atomic E-state index is 0.174. The summed E-state index contributed by atoms with van der Waals surface area (Å²) in [6.07, 6.45) is 0. The van der Waals surface area contributed by atoms with Crippen LogP contribution >= 0.6 is 15.9 Å². The van der Waals surface area contributed by atoms with Gasteiger partial charge in [-0.05, 0) is 58.9 Å². The highest BCUT2D eigenvalue weighted by Gasteiger charge is 2.30. The number of benzene rings is 2. The fraction of sp³-hybridized carbons (Fsp3) is 0.333. The van der Waals surface area contributed by atoms with Crippen LogP contribution in [0.2, 0.25) is 0 Å². The molecule has 0 unspecified atom stereocenters. The molecule has 0 aliphatic rings. The molecule has 0 aliphatic heterocycles. The summed E-state index contributed by atoms with van der Waals surface area (Å²) in [5, 5.41) is 10.8. The molecule has 0 atom stereocenters. The molecule has 7 heteroatoms. The molecule has 2 amide bonds. The van der Waals surface area contributed by atoms with Crippen molar-refractivity contribution in [1.29, 1.82) is 0 Å².